The zero-order valence-corrected chi connectivity index (χ0v) is 18.5. The quantitative estimate of drug-likeness (QED) is 0.374. The average Bonchev–Trinajstić information content (AvgIpc) is 3.16. The van der Waals surface area contributed by atoms with Crippen molar-refractivity contribution in [1.82, 2.24) is 8.87 Å². The Morgan fingerprint density at radius 3 is 2.55 bits per heavy atom. The summed E-state index contributed by atoms with van der Waals surface area (Å²) < 4.78 is 35.0. The zero-order valence-electron chi connectivity index (χ0n) is 17.7. The Balaban J connectivity index is 2.03. The van der Waals surface area contributed by atoms with E-state index >= 15 is 0 Å². The number of methoxy groups -OCH3 is 1. The molecule has 0 fully saturated rings. The van der Waals surface area contributed by atoms with Crippen LogP contribution in [0.4, 0.5) is 0 Å². The molecule has 1 aromatic heterocycles. The van der Waals surface area contributed by atoms with E-state index in [2.05, 4.69) is 13.2 Å². The molecule has 2 aromatic carbocycles. The second kappa shape index (κ2) is 9.32. The number of aryl methyl sites for hydroxylation is 1. The maximum absolute atomic E-state index is 13.5. The predicted octanol–water partition coefficient (Wildman–Crippen LogP) is 4.00. The molecule has 0 saturated carbocycles. The molecular formula is C24H26N2O4S. The van der Waals surface area contributed by atoms with Crippen LogP contribution in [0.5, 0.6) is 0 Å². The van der Waals surface area contributed by atoms with Gasteiger partial charge >= 0.3 is 5.97 Å². The van der Waals surface area contributed by atoms with Crippen molar-refractivity contribution in [1.29, 1.82) is 0 Å². The largest absolute Gasteiger partial charge is 0.468 e. The van der Waals surface area contributed by atoms with E-state index in [0.29, 0.717) is 5.57 Å². The van der Waals surface area contributed by atoms with Crippen molar-refractivity contribution >= 4 is 32.5 Å². The van der Waals surface area contributed by atoms with E-state index in [1.165, 1.54) is 25.3 Å². The number of esters is 1. The molecule has 1 atom stereocenters. The highest BCUT2D eigenvalue weighted by Gasteiger charge is 2.36. The first-order valence-corrected chi connectivity index (χ1v) is 11.2. The molecule has 1 heterocycles. The van der Waals surface area contributed by atoms with Crippen molar-refractivity contribution < 1.29 is 17.9 Å². The number of rotatable bonds is 9. The van der Waals surface area contributed by atoms with Crippen LogP contribution < -0.4 is 0 Å². The molecule has 0 aliphatic carbocycles. The Morgan fingerprint density at radius 2 is 1.90 bits per heavy atom. The van der Waals surface area contributed by atoms with E-state index in [9.17, 15) is 13.2 Å². The molecule has 162 valence electrons. The minimum absolute atomic E-state index is 0.0663. The number of hydrogen-bond acceptors (Lipinski definition) is 4. The number of hydrogen-bond donors (Lipinski definition) is 0. The molecule has 6 nitrogen and oxygen atoms in total. The highest BCUT2D eigenvalue weighted by Crippen LogP contribution is 2.27. The average molecular weight is 439 g/mol. The van der Waals surface area contributed by atoms with Crippen LogP contribution in [0.3, 0.4) is 0 Å². The molecule has 31 heavy (non-hydrogen) atoms. The third-order valence-electron chi connectivity index (χ3n) is 5.20. The molecule has 0 N–H and O–H groups in total. The first-order valence-electron chi connectivity index (χ1n) is 9.78. The van der Waals surface area contributed by atoms with Crippen molar-refractivity contribution in [3.05, 3.63) is 85.6 Å². The van der Waals surface area contributed by atoms with E-state index in [4.69, 9.17) is 4.74 Å². The van der Waals surface area contributed by atoms with Crippen LogP contribution in [0.25, 0.3) is 16.5 Å². The maximum Gasteiger partial charge on any atom is 0.324 e. The number of fused-ring (bicyclic) bond motifs is 1. The van der Waals surface area contributed by atoms with Crippen molar-refractivity contribution in [3.63, 3.8) is 0 Å². The first kappa shape index (κ1) is 22.5. The van der Waals surface area contributed by atoms with Gasteiger partial charge in [-0.25, -0.2) is 8.42 Å². The van der Waals surface area contributed by atoms with Gasteiger partial charge < -0.3 is 9.30 Å². The molecule has 0 radical (unpaired) electrons. The molecular weight excluding hydrogens is 412 g/mol. The highest BCUT2D eigenvalue weighted by atomic mass is 32.2. The smallest absolute Gasteiger partial charge is 0.324 e. The summed E-state index contributed by atoms with van der Waals surface area (Å²) in [6.45, 7) is 7.73. The van der Waals surface area contributed by atoms with Crippen LogP contribution in [0.15, 0.2) is 84.9 Å². The SMILES string of the molecule is C=CCC(C(=O)OC)N(CC(=C)c1ccc2c(ccn2C)c1)S(=O)(=O)c1ccccc1. The summed E-state index contributed by atoms with van der Waals surface area (Å²) >= 11 is 0. The lowest BCUT2D eigenvalue weighted by molar-refractivity contribution is -0.144. The van der Waals surface area contributed by atoms with Crippen molar-refractivity contribution in [2.24, 2.45) is 7.05 Å². The Bertz CT molecular complexity index is 1210. The number of carbonyl (C=O) groups excluding carboxylic acids is 1. The van der Waals surface area contributed by atoms with Gasteiger partial charge in [0.25, 0.3) is 0 Å². The lowest BCUT2D eigenvalue weighted by atomic mass is 10.0. The second-order valence-electron chi connectivity index (χ2n) is 7.23. The van der Waals surface area contributed by atoms with E-state index in [-0.39, 0.29) is 17.9 Å². The second-order valence-corrected chi connectivity index (χ2v) is 9.12. The lowest BCUT2D eigenvalue weighted by Gasteiger charge is -2.29. The topological polar surface area (TPSA) is 68.6 Å². The first-order chi connectivity index (χ1) is 14.8. The number of sulfonamides is 1. The number of benzene rings is 2. The van der Waals surface area contributed by atoms with Crippen LogP contribution in [0.1, 0.15) is 12.0 Å². The zero-order chi connectivity index (χ0) is 22.6. The minimum atomic E-state index is -4.00. The van der Waals surface area contributed by atoms with Gasteiger partial charge in [0.05, 0.1) is 12.0 Å². The number of ether oxygens (including phenoxy) is 1. The van der Waals surface area contributed by atoms with Gasteiger partial charge in [-0.05, 0) is 47.9 Å². The van der Waals surface area contributed by atoms with Crippen LogP contribution in [0.2, 0.25) is 0 Å². The van der Waals surface area contributed by atoms with E-state index in [1.54, 1.807) is 18.2 Å². The number of nitrogens with zero attached hydrogens (tertiary/aromatic N) is 2. The molecule has 0 aliphatic rings. The summed E-state index contributed by atoms with van der Waals surface area (Å²) in [4.78, 5) is 12.6. The maximum atomic E-state index is 13.5. The van der Waals surface area contributed by atoms with Gasteiger partial charge in [-0.15, -0.1) is 6.58 Å². The van der Waals surface area contributed by atoms with E-state index in [0.717, 1.165) is 20.8 Å². The minimum Gasteiger partial charge on any atom is -0.468 e. The normalized spacial score (nSPS) is 12.6. The Morgan fingerprint density at radius 1 is 1.19 bits per heavy atom. The summed E-state index contributed by atoms with van der Waals surface area (Å²) in [5.41, 5.74) is 2.43. The molecule has 0 saturated heterocycles. The van der Waals surface area contributed by atoms with Gasteiger partial charge in [-0.1, -0.05) is 36.9 Å². The highest BCUT2D eigenvalue weighted by molar-refractivity contribution is 7.89. The van der Waals surface area contributed by atoms with Crippen LogP contribution in [-0.2, 0) is 26.6 Å². The van der Waals surface area contributed by atoms with Gasteiger partial charge in [0.2, 0.25) is 10.0 Å². The van der Waals surface area contributed by atoms with Crippen LogP contribution >= 0.6 is 0 Å². The Kier molecular flexibility index (Phi) is 6.77. The third kappa shape index (κ3) is 4.62. The van der Waals surface area contributed by atoms with Gasteiger partial charge in [-0.3, -0.25) is 4.79 Å². The summed E-state index contributed by atoms with van der Waals surface area (Å²) in [5, 5.41) is 1.02. The molecule has 0 spiro atoms. The standard InChI is InChI=1S/C24H26N2O4S/c1-5-9-23(24(27)30-4)26(31(28,29)21-10-7-6-8-11-21)17-18(2)19-12-13-22-20(16-19)14-15-25(22)3/h5-8,10-16,23H,1-2,9,17H2,3-4H3. The van der Waals surface area contributed by atoms with Crippen LogP contribution in [0, 0.1) is 0 Å². The van der Waals surface area contributed by atoms with Crippen molar-refractivity contribution in [2.45, 2.75) is 17.4 Å². The molecule has 3 rings (SSSR count). The third-order valence-corrected chi connectivity index (χ3v) is 7.07. The fourth-order valence-corrected chi connectivity index (χ4v) is 5.10. The predicted molar refractivity (Wildman–Crippen MR) is 123 cm³/mol. The molecule has 7 heteroatoms. The van der Waals surface area contributed by atoms with Gasteiger partial charge in [0.1, 0.15) is 6.04 Å². The van der Waals surface area contributed by atoms with E-state index < -0.39 is 22.0 Å². The fourth-order valence-electron chi connectivity index (χ4n) is 3.50. The fraction of sp³-hybridized carbons (Fsp3) is 0.208. The summed E-state index contributed by atoms with van der Waals surface area (Å²) in [5.74, 6) is -0.647. The van der Waals surface area contributed by atoms with Gasteiger partial charge in [0.15, 0.2) is 0 Å². The Labute approximate surface area is 183 Å². The van der Waals surface area contributed by atoms with Crippen molar-refractivity contribution in [2.75, 3.05) is 13.7 Å². The number of aromatic nitrogens is 1. The summed E-state index contributed by atoms with van der Waals surface area (Å²) in [7, 11) is -0.800. The lowest BCUT2D eigenvalue weighted by Crippen LogP contribution is -2.46. The van der Waals surface area contributed by atoms with Crippen molar-refractivity contribution in [3.8, 4) is 0 Å². The van der Waals surface area contributed by atoms with Gasteiger partial charge in [0, 0.05) is 30.7 Å². The van der Waals surface area contributed by atoms with Gasteiger partial charge in [-0.2, -0.15) is 4.31 Å². The summed E-state index contributed by atoms with van der Waals surface area (Å²) in [6, 6.07) is 14.8. The monoisotopic (exact) mass is 438 g/mol. The Hall–Kier alpha value is -3.16. The van der Waals surface area contributed by atoms with E-state index in [1.807, 2.05) is 42.1 Å². The molecule has 0 bridgehead atoms. The number of carbonyl (C=O) groups is 1. The molecule has 1 unspecified atom stereocenters. The van der Waals surface area contributed by atoms with Crippen LogP contribution in [-0.4, -0.2) is 43.0 Å². The molecule has 0 amide bonds. The summed E-state index contributed by atoms with van der Waals surface area (Å²) in [6.07, 6.45) is 3.58. The molecule has 3 aromatic rings. The molecule has 0 aliphatic heterocycles.